The maximum absolute atomic E-state index is 11.8. The Bertz CT molecular complexity index is 476. The van der Waals surface area contributed by atoms with Gasteiger partial charge in [0.1, 0.15) is 5.60 Å². The summed E-state index contributed by atoms with van der Waals surface area (Å²) in [5, 5.41) is 6.25. The average molecular weight is 292 g/mol. The van der Waals surface area contributed by atoms with Gasteiger partial charge in [0, 0.05) is 13.1 Å². The molecule has 21 heavy (non-hydrogen) atoms. The minimum atomic E-state index is -0.477. The summed E-state index contributed by atoms with van der Waals surface area (Å²) >= 11 is 0. The van der Waals surface area contributed by atoms with Crippen LogP contribution in [-0.4, -0.2) is 23.8 Å². The number of carbonyl (C=O) groups excluding carboxylic acids is 1. The second-order valence-corrected chi connectivity index (χ2v) is 7.10. The van der Waals surface area contributed by atoms with Crippen LogP contribution in [0.25, 0.3) is 0 Å². The van der Waals surface area contributed by atoms with Crippen molar-refractivity contribution in [3.05, 3.63) is 35.4 Å². The lowest BCUT2D eigenvalue weighted by atomic mass is 10.1. The van der Waals surface area contributed by atoms with Crippen molar-refractivity contribution in [1.82, 2.24) is 10.6 Å². The van der Waals surface area contributed by atoms with Crippen molar-refractivity contribution in [2.75, 3.05) is 6.54 Å². The monoisotopic (exact) mass is 292 g/mol. The Hall–Kier alpha value is -1.55. The van der Waals surface area contributed by atoms with Crippen molar-refractivity contribution in [3.8, 4) is 0 Å². The second kappa shape index (κ2) is 6.94. The van der Waals surface area contributed by atoms with Gasteiger partial charge in [-0.2, -0.15) is 0 Å². The molecule has 0 fully saturated rings. The molecule has 0 aliphatic heterocycles. The minimum absolute atomic E-state index is 0.369. The summed E-state index contributed by atoms with van der Waals surface area (Å²) in [6.45, 7) is 13.0. The van der Waals surface area contributed by atoms with Crippen molar-refractivity contribution in [3.63, 3.8) is 0 Å². The molecule has 1 amide bonds. The predicted molar refractivity (Wildman–Crippen MR) is 86.3 cm³/mol. The van der Waals surface area contributed by atoms with Crippen molar-refractivity contribution >= 4 is 6.09 Å². The molecule has 4 nitrogen and oxygen atoms in total. The summed E-state index contributed by atoms with van der Waals surface area (Å²) in [6, 6.07) is 8.38. The molecule has 0 saturated carbocycles. The second-order valence-electron chi connectivity index (χ2n) is 7.10. The summed E-state index contributed by atoms with van der Waals surface area (Å²) in [5.74, 6) is 0. The Labute approximate surface area is 128 Å². The average Bonchev–Trinajstić information content (AvgIpc) is 2.24. The molecule has 0 spiro atoms. The van der Waals surface area contributed by atoms with E-state index in [0.29, 0.717) is 6.54 Å². The Morgan fingerprint density at radius 3 is 2.43 bits per heavy atom. The van der Waals surface area contributed by atoms with Gasteiger partial charge in [0.2, 0.25) is 0 Å². The predicted octanol–water partition coefficient (Wildman–Crippen LogP) is 3.39. The zero-order valence-electron chi connectivity index (χ0n) is 14.0. The lowest BCUT2D eigenvalue weighted by Crippen LogP contribution is -2.51. The molecule has 0 saturated heterocycles. The lowest BCUT2D eigenvalue weighted by Gasteiger charge is -2.29. The summed E-state index contributed by atoms with van der Waals surface area (Å²) in [4.78, 5) is 11.8. The molecule has 118 valence electrons. The van der Waals surface area contributed by atoms with E-state index in [4.69, 9.17) is 4.74 Å². The van der Waals surface area contributed by atoms with Crippen LogP contribution in [0.4, 0.5) is 4.79 Å². The number of ether oxygens (including phenoxy) is 1. The third-order valence-electron chi connectivity index (χ3n) is 2.82. The highest BCUT2D eigenvalue weighted by molar-refractivity contribution is 5.68. The highest BCUT2D eigenvalue weighted by atomic mass is 16.6. The molecule has 0 unspecified atom stereocenters. The zero-order valence-corrected chi connectivity index (χ0v) is 14.0. The van der Waals surface area contributed by atoms with E-state index in [1.54, 1.807) is 0 Å². The molecule has 0 atom stereocenters. The maximum atomic E-state index is 11.8. The molecule has 1 aromatic rings. The van der Waals surface area contributed by atoms with Gasteiger partial charge in [-0.25, -0.2) is 4.79 Å². The first-order chi connectivity index (χ1) is 9.57. The number of rotatable bonds is 5. The van der Waals surface area contributed by atoms with Gasteiger partial charge in [-0.3, -0.25) is 0 Å². The van der Waals surface area contributed by atoms with Crippen molar-refractivity contribution < 1.29 is 9.53 Å². The van der Waals surface area contributed by atoms with Gasteiger partial charge in [0.25, 0.3) is 0 Å². The first-order valence-corrected chi connectivity index (χ1v) is 7.35. The standard InChI is InChI=1S/C17H28N2O2/c1-13-8-7-9-14(10-13)11-18-12-17(5,6)19-15(20)21-16(2,3)4/h7-10,18H,11-12H2,1-6H3,(H,19,20). The van der Waals surface area contributed by atoms with E-state index in [-0.39, 0.29) is 11.6 Å². The number of carbonyl (C=O) groups is 1. The first-order valence-electron chi connectivity index (χ1n) is 7.35. The smallest absolute Gasteiger partial charge is 0.408 e. The Balaban J connectivity index is 2.40. The Morgan fingerprint density at radius 2 is 1.86 bits per heavy atom. The van der Waals surface area contributed by atoms with Crippen LogP contribution >= 0.6 is 0 Å². The fourth-order valence-corrected chi connectivity index (χ4v) is 1.97. The third kappa shape index (κ3) is 7.71. The molecule has 1 rings (SSSR count). The minimum Gasteiger partial charge on any atom is -0.444 e. The van der Waals surface area contributed by atoms with Gasteiger partial charge in [-0.15, -0.1) is 0 Å². The highest BCUT2D eigenvalue weighted by Gasteiger charge is 2.24. The molecule has 0 aliphatic rings. The molecule has 0 heterocycles. The molecule has 0 aromatic heterocycles. The van der Waals surface area contributed by atoms with Gasteiger partial charge in [-0.05, 0) is 47.1 Å². The van der Waals surface area contributed by atoms with E-state index in [0.717, 1.165) is 6.54 Å². The van der Waals surface area contributed by atoms with E-state index in [9.17, 15) is 4.79 Å². The van der Waals surface area contributed by atoms with Crippen LogP contribution < -0.4 is 10.6 Å². The molecular weight excluding hydrogens is 264 g/mol. The van der Waals surface area contributed by atoms with Gasteiger partial charge >= 0.3 is 6.09 Å². The van der Waals surface area contributed by atoms with Gasteiger partial charge in [-0.1, -0.05) is 29.8 Å². The molecule has 0 radical (unpaired) electrons. The largest absolute Gasteiger partial charge is 0.444 e. The lowest BCUT2D eigenvalue weighted by molar-refractivity contribution is 0.0472. The van der Waals surface area contributed by atoms with Gasteiger partial charge in [0.05, 0.1) is 5.54 Å². The quantitative estimate of drug-likeness (QED) is 0.874. The van der Waals surface area contributed by atoms with Crippen LogP contribution in [0.15, 0.2) is 24.3 Å². The van der Waals surface area contributed by atoms with E-state index < -0.39 is 5.60 Å². The fourth-order valence-electron chi connectivity index (χ4n) is 1.97. The third-order valence-corrected chi connectivity index (χ3v) is 2.82. The van der Waals surface area contributed by atoms with Gasteiger partial charge < -0.3 is 15.4 Å². The summed E-state index contributed by atoms with van der Waals surface area (Å²) in [6.07, 6.45) is -0.384. The summed E-state index contributed by atoms with van der Waals surface area (Å²) in [5.41, 5.74) is 1.64. The Morgan fingerprint density at radius 1 is 1.19 bits per heavy atom. The van der Waals surface area contributed by atoms with E-state index in [1.807, 2.05) is 34.6 Å². The van der Waals surface area contributed by atoms with Crippen LogP contribution in [0.5, 0.6) is 0 Å². The molecule has 0 bridgehead atoms. The topological polar surface area (TPSA) is 50.4 Å². The van der Waals surface area contributed by atoms with E-state index in [1.165, 1.54) is 11.1 Å². The molecule has 0 aliphatic carbocycles. The molecular formula is C17H28N2O2. The summed E-state index contributed by atoms with van der Waals surface area (Å²) in [7, 11) is 0. The van der Waals surface area contributed by atoms with Crippen LogP contribution in [0.3, 0.4) is 0 Å². The maximum Gasteiger partial charge on any atom is 0.408 e. The van der Waals surface area contributed by atoms with Crippen LogP contribution in [0, 0.1) is 6.92 Å². The van der Waals surface area contributed by atoms with Crippen LogP contribution in [0.1, 0.15) is 45.7 Å². The fraction of sp³-hybridized carbons (Fsp3) is 0.588. The molecule has 2 N–H and O–H groups in total. The van der Waals surface area contributed by atoms with Crippen molar-refractivity contribution in [1.29, 1.82) is 0 Å². The number of hydrogen-bond donors (Lipinski definition) is 2. The van der Waals surface area contributed by atoms with Crippen LogP contribution in [-0.2, 0) is 11.3 Å². The van der Waals surface area contributed by atoms with E-state index in [2.05, 4.69) is 41.8 Å². The Kier molecular flexibility index (Phi) is 5.78. The first kappa shape index (κ1) is 17.5. The van der Waals surface area contributed by atoms with E-state index >= 15 is 0 Å². The number of amides is 1. The molecule has 4 heteroatoms. The number of nitrogens with one attached hydrogen (secondary N) is 2. The van der Waals surface area contributed by atoms with Crippen LogP contribution in [0.2, 0.25) is 0 Å². The highest BCUT2D eigenvalue weighted by Crippen LogP contribution is 2.09. The number of aryl methyl sites for hydroxylation is 1. The number of benzene rings is 1. The van der Waals surface area contributed by atoms with Crippen molar-refractivity contribution in [2.45, 2.75) is 59.2 Å². The number of hydrogen-bond acceptors (Lipinski definition) is 3. The molecule has 1 aromatic carbocycles. The van der Waals surface area contributed by atoms with Crippen molar-refractivity contribution in [2.24, 2.45) is 0 Å². The normalized spacial score (nSPS) is 12.1. The SMILES string of the molecule is Cc1cccc(CNCC(C)(C)NC(=O)OC(C)(C)C)c1. The zero-order chi connectivity index (χ0) is 16.1. The summed E-state index contributed by atoms with van der Waals surface area (Å²) < 4.78 is 5.28. The van der Waals surface area contributed by atoms with Gasteiger partial charge in [0.15, 0.2) is 0 Å². The number of alkyl carbamates (subject to hydrolysis) is 1.